The summed E-state index contributed by atoms with van der Waals surface area (Å²) in [7, 11) is -3.46. The Morgan fingerprint density at radius 3 is 2.82 bits per heavy atom. The third kappa shape index (κ3) is 3.93. The van der Waals surface area contributed by atoms with E-state index < -0.39 is 16.0 Å². The quantitative estimate of drug-likeness (QED) is 0.668. The van der Waals surface area contributed by atoms with Crippen LogP contribution in [0.15, 0.2) is 0 Å². The standard InChI is InChI=1S/C10H19NO5S/c1-2-16-10(13)5-7-17(14,15)11-6-3-4-9(11)8-12/h9,12H,2-8H2,1H3/t9-/m0/s1. The number of aliphatic hydroxyl groups is 1. The smallest absolute Gasteiger partial charge is 0.306 e. The van der Waals surface area contributed by atoms with Crippen LogP contribution in [0.2, 0.25) is 0 Å². The molecule has 0 radical (unpaired) electrons. The van der Waals surface area contributed by atoms with Crippen molar-refractivity contribution in [1.82, 2.24) is 4.31 Å². The molecule has 0 unspecified atom stereocenters. The molecule has 1 atom stereocenters. The van der Waals surface area contributed by atoms with Gasteiger partial charge in [-0.3, -0.25) is 4.79 Å². The molecule has 7 heteroatoms. The second-order valence-corrected chi connectivity index (χ2v) is 6.00. The summed E-state index contributed by atoms with van der Waals surface area (Å²) < 4.78 is 29.8. The number of nitrogens with zero attached hydrogens (tertiary/aromatic N) is 1. The van der Waals surface area contributed by atoms with Crippen molar-refractivity contribution in [2.45, 2.75) is 32.2 Å². The molecule has 1 aliphatic rings. The van der Waals surface area contributed by atoms with Crippen LogP contribution in [0, 0.1) is 0 Å². The Kier molecular flexibility index (Phi) is 5.35. The van der Waals surface area contributed by atoms with Gasteiger partial charge in [-0.1, -0.05) is 0 Å². The van der Waals surface area contributed by atoms with Gasteiger partial charge < -0.3 is 9.84 Å². The summed E-state index contributed by atoms with van der Waals surface area (Å²) in [5.41, 5.74) is 0. The number of carbonyl (C=O) groups is 1. The average Bonchev–Trinajstić information content (AvgIpc) is 2.76. The zero-order chi connectivity index (χ0) is 12.9. The summed E-state index contributed by atoms with van der Waals surface area (Å²) in [4.78, 5) is 11.1. The topological polar surface area (TPSA) is 83.9 Å². The van der Waals surface area contributed by atoms with Gasteiger partial charge in [0, 0.05) is 12.6 Å². The van der Waals surface area contributed by atoms with E-state index in [1.165, 1.54) is 4.31 Å². The van der Waals surface area contributed by atoms with Crippen molar-refractivity contribution < 1.29 is 23.1 Å². The number of sulfonamides is 1. The number of hydrogen-bond acceptors (Lipinski definition) is 5. The molecule has 6 nitrogen and oxygen atoms in total. The number of carbonyl (C=O) groups excluding carboxylic acids is 1. The van der Waals surface area contributed by atoms with E-state index in [1.807, 2.05) is 0 Å². The van der Waals surface area contributed by atoms with E-state index >= 15 is 0 Å². The largest absolute Gasteiger partial charge is 0.466 e. The Labute approximate surface area is 102 Å². The molecule has 1 heterocycles. The monoisotopic (exact) mass is 265 g/mol. The summed E-state index contributed by atoms with van der Waals surface area (Å²) in [6.45, 7) is 2.19. The number of rotatable bonds is 6. The van der Waals surface area contributed by atoms with Gasteiger partial charge in [0.15, 0.2) is 0 Å². The van der Waals surface area contributed by atoms with Crippen molar-refractivity contribution in [1.29, 1.82) is 0 Å². The Hall–Kier alpha value is -0.660. The summed E-state index contributed by atoms with van der Waals surface area (Å²) in [6.07, 6.45) is 1.30. The fraction of sp³-hybridized carbons (Fsp3) is 0.900. The van der Waals surface area contributed by atoms with Crippen LogP contribution in [0.1, 0.15) is 26.2 Å². The fourth-order valence-electron chi connectivity index (χ4n) is 1.92. The van der Waals surface area contributed by atoms with Gasteiger partial charge in [0.1, 0.15) is 0 Å². The molecule has 100 valence electrons. The molecule has 0 aromatic rings. The van der Waals surface area contributed by atoms with Crippen LogP contribution in [0.5, 0.6) is 0 Å². The van der Waals surface area contributed by atoms with E-state index in [2.05, 4.69) is 4.74 Å². The number of hydrogen-bond donors (Lipinski definition) is 1. The SMILES string of the molecule is CCOC(=O)CCS(=O)(=O)N1CCC[C@H]1CO. The molecule has 0 spiro atoms. The van der Waals surface area contributed by atoms with Crippen LogP contribution in [-0.4, -0.2) is 55.4 Å². The molecule has 1 rings (SSSR count). The van der Waals surface area contributed by atoms with Crippen molar-refractivity contribution in [3.8, 4) is 0 Å². The van der Waals surface area contributed by atoms with Gasteiger partial charge in [0.2, 0.25) is 10.0 Å². The highest BCUT2D eigenvalue weighted by atomic mass is 32.2. The highest BCUT2D eigenvalue weighted by Gasteiger charge is 2.33. The Bertz CT molecular complexity index is 354. The Morgan fingerprint density at radius 2 is 2.24 bits per heavy atom. The van der Waals surface area contributed by atoms with E-state index in [-0.39, 0.29) is 31.4 Å². The van der Waals surface area contributed by atoms with Gasteiger partial charge in [-0.25, -0.2) is 8.42 Å². The average molecular weight is 265 g/mol. The minimum absolute atomic E-state index is 0.134. The van der Waals surface area contributed by atoms with Gasteiger partial charge in [-0.2, -0.15) is 4.31 Å². The second kappa shape index (κ2) is 6.32. The molecule has 0 aromatic heterocycles. The molecule has 1 saturated heterocycles. The van der Waals surface area contributed by atoms with Crippen LogP contribution < -0.4 is 0 Å². The minimum Gasteiger partial charge on any atom is -0.466 e. The first-order valence-electron chi connectivity index (χ1n) is 5.77. The lowest BCUT2D eigenvalue weighted by molar-refractivity contribution is -0.142. The van der Waals surface area contributed by atoms with Gasteiger partial charge in [-0.05, 0) is 19.8 Å². The maximum absolute atomic E-state index is 11.9. The molecule has 0 amide bonds. The fourth-order valence-corrected chi connectivity index (χ4v) is 3.61. The molecule has 0 bridgehead atoms. The lowest BCUT2D eigenvalue weighted by Crippen LogP contribution is -2.39. The summed E-state index contributed by atoms with van der Waals surface area (Å²) in [5.74, 6) is -0.752. The van der Waals surface area contributed by atoms with Crippen molar-refractivity contribution >= 4 is 16.0 Å². The summed E-state index contributed by atoms with van der Waals surface area (Å²) >= 11 is 0. The zero-order valence-electron chi connectivity index (χ0n) is 9.96. The Balaban J connectivity index is 2.53. The predicted molar refractivity (Wildman–Crippen MR) is 61.9 cm³/mol. The number of ether oxygens (including phenoxy) is 1. The maximum Gasteiger partial charge on any atom is 0.306 e. The molecule has 0 aromatic carbocycles. The summed E-state index contributed by atoms with van der Waals surface area (Å²) in [5, 5.41) is 9.06. The predicted octanol–water partition coefficient (Wildman–Crippen LogP) is -0.274. The van der Waals surface area contributed by atoms with Crippen LogP contribution in [-0.2, 0) is 19.6 Å². The van der Waals surface area contributed by atoms with Crippen molar-refractivity contribution in [3.63, 3.8) is 0 Å². The maximum atomic E-state index is 11.9. The summed E-state index contributed by atoms with van der Waals surface area (Å²) in [6, 6.07) is -0.331. The highest BCUT2D eigenvalue weighted by molar-refractivity contribution is 7.89. The molecule has 17 heavy (non-hydrogen) atoms. The molecule has 1 aliphatic heterocycles. The first kappa shape index (κ1) is 14.4. The van der Waals surface area contributed by atoms with Crippen molar-refractivity contribution in [2.75, 3.05) is 25.5 Å². The van der Waals surface area contributed by atoms with Crippen molar-refractivity contribution in [2.24, 2.45) is 0 Å². The number of aliphatic hydroxyl groups excluding tert-OH is 1. The number of esters is 1. The van der Waals surface area contributed by atoms with E-state index in [4.69, 9.17) is 5.11 Å². The first-order valence-corrected chi connectivity index (χ1v) is 7.38. The lowest BCUT2D eigenvalue weighted by atomic mass is 10.2. The second-order valence-electron chi connectivity index (χ2n) is 3.96. The van der Waals surface area contributed by atoms with Gasteiger partial charge in [-0.15, -0.1) is 0 Å². The van der Waals surface area contributed by atoms with Gasteiger partial charge in [0.05, 0.1) is 25.4 Å². The van der Waals surface area contributed by atoms with E-state index in [0.29, 0.717) is 13.0 Å². The van der Waals surface area contributed by atoms with E-state index in [9.17, 15) is 13.2 Å². The Morgan fingerprint density at radius 1 is 1.53 bits per heavy atom. The van der Waals surface area contributed by atoms with Gasteiger partial charge >= 0.3 is 5.97 Å². The van der Waals surface area contributed by atoms with Crippen LogP contribution in [0.4, 0.5) is 0 Å². The van der Waals surface area contributed by atoms with E-state index in [0.717, 1.165) is 6.42 Å². The third-order valence-electron chi connectivity index (χ3n) is 2.76. The normalized spacial score (nSPS) is 21.6. The van der Waals surface area contributed by atoms with Gasteiger partial charge in [0.25, 0.3) is 0 Å². The van der Waals surface area contributed by atoms with Crippen LogP contribution >= 0.6 is 0 Å². The molecular formula is C10H19NO5S. The minimum atomic E-state index is -3.46. The first-order chi connectivity index (χ1) is 8.01. The molecule has 0 saturated carbocycles. The van der Waals surface area contributed by atoms with E-state index in [1.54, 1.807) is 6.92 Å². The van der Waals surface area contributed by atoms with Crippen LogP contribution in [0.3, 0.4) is 0 Å². The van der Waals surface area contributed by atoms with Crippen LogP contribution in [0.25, 0.3) is 0 Å². The van der Waals surface area contributed by atoms with Crippen molar-refractivity contribution in [3.05, 3.63) is 0 Å². The molecular weight excluding hydrogens is 246 g/mol. The zero-order valence-corrected chi connectivity index (χ0v) is 10.8. The molecule has 0 aliphatic carbocycles. The highest BCUT2D eigenvalue weighted by Crippen LogP contribution is 2.21. The lowest BCUT2D eigenvalue weighted by Gasteiger charge is -2.22. The third-order valence-corrected chi connectivity index (χ3v) is 4.68. The molecule has 1 fully saturated rings. The molecule has 1 N–H and O–H groups in total.